The number of amides is 1. The monoisotopic (exact) mass is 355 g/mol. The van der Waals surface area contributed by atoms with Crippen LogP contribution in [-0.2, 0) is 12.7 Å². The molecule has 3 aromatic carbocycles. The van der Waals surface area contributed by atoms with Gasteiger partial charge < -0.3 is 5.32 Å². The third-order valence-electron chi connectivity index (χ3n) is 3.96. The van der Waals surface area contributed by atoms with Crippen molar-refractivity contribution in [3.63, 3.8) is 0 Å². The van der Waals surface area contributed by atoms with Gasteiger partial charge in [0, 0.05) is 12.1 Å². The minimum Gasteiger partial charge on any atom is -0.348 e. The average molecular weight is 355 g/mol. The lowest BCUT2D eigenvalue weighted by atomic mass is 10.0. The van der Waals surface area contributed by atoms with Crippen molar-refractivity contribution in [3.8, 4) is 11.1 Å². The van der Waals surface area contributed by atoms with E-state index in [0.717, 1.165) is 23.3 Å². The summed E-state index contributed by atoms with van der Waals surface area (Å²) in [6.07, 6.45) is -4.40. The van der Waals surface area contributed by atoms with Gasteiger partial charge in [0.05, 0.1) is 5.56 Å². The molecule has 5 heteroatoms. The van der Waals surface area contributed by atoms with E-state index >= 15 is 0 Å². The van der Waals surface area contributed by atoms with Crippen LogP contribution >= 0.6 is 0 Å². The van der Waals surface area contributed by atoms with Gasteiger partial charge in [-0.1, -0.05) is 54.6 Å². The van der Waals surface area contributed by atoms with Crippen LogP contribution in [0.5, 0.6) is 0 Å². The lowest BCUT2D eigenvalue weighted by Crippen LogP contribution is -2.23. The van der Waals surface area contributed by atoms with Crippen LogP contribution in [0, 0.1) is 0 Å². The fraction of sp³-hybridized carbons (Fsp3) is 0.0952. The molecule has 0 aliphatic heterocycles. The van der Waals surface area contributed by atoms with Crippen LogP contribution in [0.15, 0.2) is 78.9 Å². The molecule has 3 rings (SSSR count). The van der Waals surface area contributed by atoms with Crippen LogP contribution in [0.4, 0.5) is 13.2 Å². The summed E-state index contributed by atoms with van der Waals surface area (Å²) in [6, 6.07) is 21.8. The van der Waals surface area contributed by atoms with Crippen LogP contribution in [0.2, 0.25) is 0 Å². The van der Waals surface area contributed by atoms with Crippen molar-refractivity contribution in [1.82, 2.24) is 5.32 Å². The number of benzene rings is 3. The molecule has 132 valence electrons. The highest BCUT2D eigenvalue weighted by atomic mass is 19.4. The Labute approximate surface area is 149 Å². The van der Waals surface area contributed by atoms with Crippen LogP contribution < -0.4 is 5.32 Å². The SMILES string of the molecule is O=C(NCc1cccc(C(F)(F)F)c1)c1ccc(-c2ccccc2)cc1. The van der Waals surface area contributed by atoms with Crippen LogP contribution in [0.3, 0.4) is 0 Å². The zero-order valence-corrected chi connectivity index (χ0v) is 13.8. The van der Waals surface area contributed by atoms with Gasteiger partial charge in [-0.2, -0.15) is 13.2 Å². The average Bonchev–Trinajstić information content (AvgIpc) is 2.66. The molecule has 0 atom stereocenters. The number of carbonyl (C=O) groups excluding carboxylic acids is 1. The summed E-state index contributed by atoms with van der Waals surface area (Å²) in [7, 11) is 0. The van der Waals surface area contributed by atoms with Crippen LogP contribution in [-0.4, -0.2) is 5.91 Å². The normalized spacial score (nSPS) is 11.2. The first-order chi connectivity index (χ1) is 12.4. The van der Waals surface area contributed by atoms with Crippen LogP contribution in [0.25, 0.3) is 11.1 Å². The number of rotatable bonds is 4. The Bertz CT molecular complexity index is 887. The molecule has 0 aliphatic carbocycles. The maximum atomic E-state index is 12.7. The van der Waals surface area contributed by atoms with Gasteiger partial charge in [0.2, 0.25) is 0 Å². The predicted molar refractivity (Wildman–Crippen MR) is 94.5 cm³/mol. The van der Waals surface area contributed by atoms with Gasteiger partial charge in [0.1, 0.15) is 0 Å². The summed E-state index contributed by atoms with van der Waals surface area (Å²) >= 11 is 0. The second kappa shape index (κ2) is 7.44. The topological polar surface area (TPSA) is 29.1 Å². The number of hydrogen-bond donors (Lipinski definition) is 1. The number of halogens is 3. The Morgan fingerprint density at radius 2 is 1.46 bits per heavy atom. The first kappa shape index (κ1) is 17.7. The molecular weight excluding hydrogens is 339 g/mol. The van der Waals surface area contributed by atoms with Crippen molar-refractivity contribution in [2.75, 3.05) is 0 Å². The van der Waals surface area contributed by atoms with Gasteiger partial charge in [-0.3, -0.25) is 4.79 Å². The van der Waals surface area contributed by atoms with E-state index in [1.165, 1.54) is 6.07 Å². The van der Waals surface area contributed by atoms with Crippen molar-refractivity contribution in [2.45, 2.75) is 12.7 Å². The summed E-state index contributed by atoms with van der Waals surface area (Å²) in [5, 5.41) is 2.65. The fourth-order valence-electron chi connectivity index (χ4n) is 2.59. The molecule has 3 aromatic rings. The minimum atomic E-state index is -4.40. The molecule has 0 heterocycles. The molecule has 0 aliphatic rings. The first-order valence-corrected chi connectivity index (χ1v) is 8.03. The van der Waals surface area contributed by atoms with Crippen molar-refractivity contribution in [3.05, 3.63) is 95.6 Å². The highest BCUT2D eigenvalue weighted by Gasteiger charge is 2.30. The Morgan fingerprint density at radius 3 is 2.12 bits per heavy atom. The smallest absolute Gasteiger partial charge is 0.348 e. The molecule has 0 aromatic heterocycles. The summed E-state index contributed by atoms with van der Waals surface area (Å²) in [5.74, 6) is -0.331. The molecule has 1 amide bonds. The van der Waals surface area contributed by atoms with E-state index in [9.17, 15) is 18.0 Å². The first-order valence-electron chi connectivity index (χ1n) is 8.03. The van der Waals surface area contributed by atoms with E-state index in [2.05, 4.69) is 5.32 Å². The van der Waals surface area contributed by atoms with Crippen molar-refractivity contribution < 1.29 is 18.0 Å². The van der Waals surface area contributed by atoms with Gasteiger partial charge in [0.25, 0.3) is 5.91 Å². The van der Waals surface area contributed by atoms with Crippen molar-refractivity contribution >= 4 is 5.91 Å². The quantitative estimate of drug-likeness (QED) is 0.676. The Balaban J connectivity index is 1.65. The summed E-state index contributed by atoms with van der Waals surface area (Å²) in [6.45, 7) is 0.0309. The maximum absolute atomic E-state index is 12.7. The van der Waals surface area contributed by atoms with Gasteiger partial charge in [-0.15, -0.1) is 0 Å². The lowest BCUT2D eigenvalue weighted by molar-refractivity contribution is -0.137. The largest absolute Gasteiger partial charge is 0.416 e. The summed E-state index contributed by atoms with van der Waals surface area (Å²) in [4.78, 5) is 12.2. The fourth-order valence-corrected chi connectivity index (χ4v) is 2.59. The van der Waals surface area contributed by atoms with E-state index in [0.29, 0.717) is 11.1 Å². The molecule has 0 saturated heterocycles. The molecule has 0 unspecified atom stereocenters. The third-order valence-corrected chi connectivity index (χ3v) is 3.96. The Kier molecular flexibility index (Phi) is 5.07. The predicted octanol–water partition coefficient (Wildman–Crippen LogP) is 5.30. The molecular formula is C21H16F3NO. The van der Waals surface area contributed by atoms with E-state index in [4.69, 9.17) is 0 Å². The second-order valence-corrected chi connectivity index (χ2v) is 5.82. The number of hydrogen-bond acceptors (Lipinski definition) is 1. The number of carbonyl (C=O) groups is 1. The van der Waals surface area contributed by atoms with Crippen molar-refractivity contribution in [1.29, 1.82) is 0 Å². The lowest BCUT2D eigenvalue weighted by Gasteiger charge is -2.10. The molecule has 0 saturated carbocycles. The van der Waals surface area contributed by atoms with Gasteiger partial charge in [-0.05, 0) is 41.0 Å². The molecule has 0 spiro atoms. The standard InChI is InChI=1S/C21H16F3NO/c22-21(23,24)19-8-4-5-15(13-19)14-25-20(26)18-11-9-17(10-12-18)16-6-2-1-3-7-16/h1-13H,14H2,(H,25,26). The third kappa shape index (κ3) is 4.30. The van der Waals surface area contributed by atoms with Gasteiger partial charge in [0.15, 0.2) is 0 Å². The van der Waals surface area contributed by atoms with E-state index in [-0.39, 0.29) is 12.5 Å². The Hall–Kier alpha value is -3.08. The van der Waals surface area contributed by atoms with Gasteiger partial charge in [-0.25, -0.2) is 0 Å². The Morgan fingerprint density at radius 1 is 0.808 bits per heavy atom. The van der Waals surface area contributed by atoms with E-state index in [1.54, 1.807) is 18.2 Å². The molecule has 26 heavy (non-hydrogen) atoms. The number of alkyl halides is 3. The number of nitrogens with one attached hydrogen (secondary N) is 1. The molecule has 0 radical (unpaired) electrons. The van der Waals surface area contributed by atoms with Crippen molar-refractivity contribution in [2.24, 2.45) is 0 Å². The van der Waals surface area contributed by atoms with E-state index in [1.807, 2.05) is 42.5 Å². The van der Waals surface area contributed by atoms with Crippen LogP contribution in [0.1, 0.15) is 21.5 Å². The zero-order valence-electron chi connectivity index (χ0n) is 13.8. The maximum Gasteiger partial charge on any atom is 0.416 e. The second-order valence-electron chi connectivity index (χ2n) is 5.82. The summed E-state index contributed by atoms with van der Waals surface area (Å²) in [5.41, 5.74) is 2.16. The molecule has 1 N–H and O–H groups in total. The highest BCUT2D eigenvalue weighted by Crippen LogP contribution is 2.29. The van der Waals surface area contributed by atoms with E-state index < -0.39 is 11.7 Å². The molecule has 0 bridgehead atoms. The zero-order chi connectivity index (χ0) is 18.6. The molecule has 0 fully saturated rings. The molecule has 2 nitrogen and oxygen atoms in total. The summed E-state index contributed by atoms with van der Waals surface area (Å²) < 4.78 is 38.2. The highest BCUT2D eigenvalue weighted by molar-refractivity contribution is 5.94. The minimum absolute atomic E-state index is 0.0309. The van der Waals surface area contributed by atoms with Gasteiger partial charge >= 0.3 is 6.18 Å².